The van der Waals surface area contributed by atoms with E-state index < -0.39 is 0 Å². The highest BCUT2D eigenvalue weighted by Crippen LogP contribution is 2.28. The number of thiophene rings is 1. The average Bonchev–Trinajstić information content (AvgIpc) is 2.73. The van der Waals surface area contributed by atoms with E-state index in [9.17, 15) is 0 Å². The fraction of sp³-hybridized carbons (Fsp3) is 0.167. The van der Waals surface area contributed by atoms with Gasteiger partial charge in [0.25, 0.3) is 0 Å². The van der Waals surface area contributed by atoms with Gasteiger partial charge in [-0.3, -0.25) is 0 Å². The molecule has 2 aromatic rings. The summed E-state index contributed by atoms with van der Waals surface area (Å²) in [5.41, 5.74) is 6.89. The van der Waals surface area contributed by atoms with Gasteiger partial charge in [0.2, 0.25) is 0 Å². The van der Waals surface area contributed by atoms with Crippen LogP contribution in [0.25, 0.3) is 0 Å². The van der Waals surface area contributed by atoms with Gasteiger partial charge >= 0.3 is 0 Å². The standard InChI is InChI=1S/C12H12Br2N2S/c13-8-2-1-3-10(4-8)16-11(6-15)12-5-9(14)7-17-12/h1-5,7,11,16H,6,15H2. The highest BCUT2D eigenvalue weighted by atomic mass is 79.9. The lowest BCUT2D eigenvalue weighted by Crippen LogP contribution is -2.19. The SMILES string of the molecule is NCC(Nc1cccc(Br)c1)c1cc(Br)cs1. The van der Waals surface area contributed by atoms with E-state index in [0.717, 1.165) is 14.6 Å². The Kier molecular flexibility index (Phi) is 4.62. The fourth-order valence-corrected chi connectivity index (χ4v) is 3.45. The maximum Gasteiger partial charge on any atom is 0.0729 e. The molecule has 0 aliphatic carbocycles. The molecule has 0 spiro atoms. The van der Waals surface area contributed by atoms with E-state index in [1.165, 1.54) is 4.88 Å². The average molecular weight is 376 g/mol. The van der Waals surface area contributed by atoms with Gasteiger partial charge in [-0.05, 0) is 40.2 Å². The quantitative estimate of drug-likeness (QED) is 0.831. The van der Waals surface area contributed by atoms with Gasteiger partial charge in [0.05, 0.1) is 6.04 Å². The Bertz CT molecular complexity index is 499. The molecule has 0 aliphatic heterocycles. The number of anilines is 1. The summed E-state index contributed by atoms with van der Waals surface area (Å²) in [6.45, 7) is 0.569. The highest BCUT2D eigenvalue weighted by Gasteiger charge is 2.11. The molecule has 0 saturated heterocycles. The number of halogens is 2. The molecule has 0 radical (unpaired) electrons. The summed E-state index contributed by atoms with van der Waals surface area (Å²) in [4.78, 5) is 1.24. The Morgan fingerprint density at radius 2 is 2.06 bits per heavy atom. The Hall–Kier alpha value is -0.360. The van der Waals surface area contributed by atoms with E-state index in [-0.39, 0.29) is 6.04 Å². The molecule has 0 saturated carbocycles. The Morgan fingerprint density at radius 1 is 1.24 bits per heavy atom. The van der Waals surface area contributed by atoms with Crippen LogP contribution < -0.4 is 11.1 Å². The van der Waals surface area contributed by atoms with E-state index in [1.54, 1.807) is 11.3 Å². The first-order chi connectivity index (χ1) is 8.19. The molecule has 1 aromatic carbocycles. The van der Waals surface area contributed by atoms with Gasteiger partial charge in [-0.2, -0.15) is 0 Å². The van der Waals surface area contributed by atoms with Gasteiger partial charge in [-0.15, -0.1) is 11.3 Å². The molecule has 1 heterocycles. The normalized spacial score (nSPS) is 12.4. The number of benzene rings is 1. The van der Waals surface area contributed by atoms with Gasteiger partial charge in [0, 0.05) is 31.4 Å². The molecule has 0 bridgehead atoms. The summed E-state index contributed by atoms with van der Waals surface area (Å²) in [5.74, 6) is 0. The lowest BCUT2D eigenvalue weighted by Gasteiger charge is -2.16. The van der Waals surface area contributed by atoms with Gasteiger partial charge in [-0.1, -0.05) is 22.0 Å². The summed E-state index contributed by atoms with van der Waals surface area (Å²) in [5, 5.41) is 5.50. The number of hydrogen-bond acceptors (Lipinski definition) is 3. The first kappa shape index (κ1) is 13.1. The van der Waals surface area contributed by atoms with Gasteiger partial charge < -0.3 is 11.1 Å². The monoisotopic (exact) mass is 374 g/mol. The van der Waals surface area contributed by atoms with Crippen LogP contribution in [0.2, 0.25) is 0 Å². The molecule has 1 aromatic heterocycles. The third-order valence-corrected chi connectivity index (χ3v) is 4.63. The van der Waals surface area contributed by atoms with Crippen LogP contribution in [0.5, 0.6) is 0 Å². The molecular formula is C12H12Br2N2S. The van der Waals surface area contributed by atoms with E-state index >= 15 is 0 Å². The van der Waals surface area contributed by atoms with Crippen molar-refractivity contribution in [3.8, 4) is 0 Å². The van der Waals surface area contributed by atoms with Crippen molar-refractivity contribution in [1.82, 2.24) is 0 Å². The van der Waals surface area contributed by atoms with Crippen molar-refractivity contribution in [2.75, 3.05) is 11.9 Å². The topological polar surface area (TPSA) is 38.0 Å². The minimum Gasteiger partial charge on any atom is -0.376 e. The van der Waals surface area contributed by atoms with Crippen LogP contribution in [0.1, 0.15) is 10.9 Å². The van der Waals surface area contributed by atoms with E-state index in [2.05, 4.69) is 48.6 Å². The molecule has 2 rings (SSSR count). The molecule has 3 N–H and O–H groups in total. The Morgan fingerprint density at radius 3 is 2.65 bits per heavy atom. The molecule has 0 fully saturated rings. The molecular weight excluding hydrogens is 364 g/mol. The van der Waals surface area contributed by atoms with E-state index in [1.807, 2.05) is 24.3 Å². The van der Waals surface area contributed by atoms with Crippen LogP contribution in [0.4, 0.5) is 5.69 Å². The Balaban J connectivity index is 2.15. The second kappa shape index (κ2) is 6.00. The van der Waals surface area contributed by atoms with Crippen LogP contribution in [-0.2, 0) is 0 Å². The van der Waals surface area contributed by atoms with Crippen LogP contribution in [0.3, 0.4) is 0 Å². The maximum atomic E-state index is 5.82. The summed E-state index contributed by atoms with van der Waals surface area (Å²) < 4.78 is 2.16. The van der Waals surface area contributed by atoms with Crippen LogP contribution in [0.15, 0.2) is 44.7 Å². The smallest absolute Gasteiger partial charge is 0.0729 e. The lowest BCUT2D eigenvalue weighted by molar-refractivity contribution is 0.805. The minimum absolute atomic E-state index is 0.153. The zero-order chi connectivity index (χ0) is 12.3. The van der Waals surface area contributed by atoms with Crippen molar-refractivity contribution in [3.63, 3.8) is 0 Å². The number of nitrogens with two attached hydrogens (primary N) is 1. The van der Waals surface area contributed by atoms with Crippen molar-refractivity contribution in [2.45, 2.75) is 6.04 Å². The fourth-order valence-electron chi connectivity index (χ4n) is 1.54. The number of nitrogens with one attached hydrogen (secondary N) is 1. The molecule has 0 amide bonds. The van der Waals surface area contributed by atoms with Crippen molar-refractivity contribution in [3.05, 3.63) is 49.5 Å². The molecule has 5 heteroatoms. The van der Waals surface area contributed by atoms with Crippen molar-refractivity contribution >= 4 is 48.9 Å². The van der Waals surface area contributed by atoms with Gasteiger partial charge in [0.15, 0.2) is 0 Å². The van der Waals surface area contributed by atoms with Crippen LogP contribution in [0, 0.1) is 0 Å². The van der Waals surface area contributed by atoms with Gasteiger partial charge in [-0.25, -0.2) is 0 Å². The van der Waals surface area contributed by atoms with Crippen molar-refractivity contribution in [1.29, 1.82) is 0 Å². The molecule has 90 valence electrons. The lowest BCUT2D eigenvalue weighted by atomic mass is 10.2. The molecule has 17 heavy (non-hydrogen) atoms. The minimum atomic E-state index is 0.153. The van der Waals surface area contributed by atoms with Crippen LogP contribution in [-0.4, -0.2) is 6.54 Å². The summed E-state index contributed by atoms with van der Waals surface area (Å²) >= 11 is 8.62. The zero-order valence-electron chi connectivity index (χ0n) is 8.99. The van der Waals surface area contributed by atoms with E-state index in [0.29, 0.717) is 6.54 Å². The van der Waals surface area contributed by atoms with E-state index in [4.69, 9.17) is 5.73 Å². The molecule has 1 atom stereocenters. The molecule has 1 unspecified atom stereocenters. The molecule has 2 nitrogen and oxygen atoms in total. The van der Waals surface area contributed by atoms with Crippen molar-refractivity contribution < 1.29 is 0 Å². The van der Waals surface area contributed by atoms with Gasteiger partial charge in [0.1, 0.15) is 0 Å². The largest absolute Gasteiger partial charge is 0.376 e. The highest BCUT2D eigenvalue weighted by molar-refractivity contribution is 9.10. The Labute approximate surface area is 121 Å². The maximum absolute atomic E-state index is 5.82. The first-order valence-electron chi connectivity index (χ1n) is 5.15. The zero-order valence-corrected chi connectivity index (χ0v) is 13.0. The predicted molar refractivity (Wildman–Crippen MR) is 81.6 cm³/mol. The first-order valence-corrected chi connectivity index (χ1v) is 7.61. The number of rotatable bonds is 4. The third kappa shape index (κ3) is 3.55. The summed E-state index contributed by atoms with van der Waals surface area (Å²) in [7, 11) is 0. The summed E-state index contributed by atoms with van der Waals surface area (Å²) in [6.07, 6.45) is 0. The predicted octanol–water partition coefficient (Wildman–Crippen LogP) is 4.39. The number of hydrogen-bond donors (Lipinski definition) is 2. The summed E-state index contributed by atoms with van der Waals surface area (Å²) in [6, 6.07) is 10.4. The van der Waals surface area contributed by atoms with Crippen molar-refractivity contribution in [2.24, 2.45) is 5.73 Å². The molecule has 0 aliphatic rings. The third-order valence-electron chi connectivity index (χ3n) is 2.33. The second-order valence-corrected chi connectivity index (χ2v) is 6.38. The second-order valence-electron chi connectivity index (χ2n) is 3.61. The van der Waals surface area contributed by atoms with Crippen LogP contribution >= 0.6 is 43.2 Å².